The van der Waals surface area contributed by atoms with Gasteiger partial charge in [0.05, 0.1) is 6.10 Å². The molecule has 0 heterocycles. The molecule has 0 aliphatic rings. The highest BCUT2D eigenvalue weighted by atomic mass is 79.9. The molecule has 2 aromatic carbocycles. The number of alkyl halides is 1. The van der Waals surface area contributed by atoms with Crippen LogP contribution in [-0.4, -0.2) is 21.6 Å². The van der Waals surface area contributed by atoms with E-state index in [1.54, 1.807) is 24.3 Å². The molecule has 0 spiro atoms. The minimum atomic E-state index is -0.898. The number of ether oxygens (including phenoxy) is 1. The standard InChI is InChI=1S/C15H15BrO3/c16-10-14(17)15(18)11-6-8-13(9-7-11)19-12-4-2-1-3-5-12/h1-9,14-15,17-18H,10H2. The molecule has 0 radical (unpaired) electrons. The number of rotatable bonds is 5. The van der Waals surface area contributed by atoms with Crippen LogP contribution in [0.4, 0.5) is 0 Å². The molecule has 2 N–H and O–H groups in total. The normalized spacial score (nSPS) is 13.8. The van der Waals surface area contributed by atoms with Crippen LogP contribution in [0.15, 0.2) is 54.6 Å². The Bertz CT molecular complexity index is 499. The molecule has 0 bridgehead atoms. The van der Waals surface area contributed by atoms with Crippen LogP contribution in [0, 0.1) is 0 Å². The van der Waals surface area contributed by atoms with E-state index in [1.807, 2.05) is 30.3 Å². The minimum absolute atomic E-state index is 0.330. The lowest BCUT2D eigenvalue weighted by molar-refractivity contribution is 0.0342. The maximum atomic E-state index is 9.85. The van der Waals surface area contributed by atoms with Crippen LogP contribution in [-0.2, 0) is 0 Å². The van der Waals surface area contributed by atoms with Crippen LogP contribution in [0.5, 0.6) is 11.5 Å². The van der Waals surface area contributed by atoms with Gasteiger partial charge in [0.2, 0.25) is 0 Å². The first-order chi connectivity index (χ1) is 9.20. The molecule has 0 aliphatic carbocycles. The monoisotopic (exact) mass is 322 g/mol. The third-order valence-electron chi connectivity index (χ3n) is 2.72. The molecule has 100 valence electrons. The summed E-state index contributed by atoms with van der Waals surface area (Å²) in [5, 5.41) is 19.7. The highest BCUT2D eigenvalue weighted by Crippen LogP contribution is 2.24. The van der Waals surface area contributed by atoms with Crippen LogP contribution in [0.2, 0.25) is 0 Å². The molecule has 0 fully saturated rings. The Hall–Kier alpha value is -1.36. The van der Waals surface area contributed by atoms with E-state index in [2.05, 4.69) is 15.9 Å². The summed E-state index contributed by atoms with van der Waals surface area (Å²) in [5.41, 5.74) is 0.660. The Morgan fingerprint density at radius 3 is 2.05 bits per heavy atom. The fourth-order valence-electron chi connectivity index (χ4n) is 1.66. The SMILES string of the molecule is OC(CBr)C(O)c1ccc(Oc2ccccc2)cc1. The summed E-state index contributed by atoms with van der Waals surface area (Å²) < 4.78 is 5.65. The summed E-state index contributed by atoms with van der Waals surface area (Å²) in [6.07, 6.45) is -1.72. The average Bonchev–Trinajstić information content (AvgIpc) is 2.47. The maximum absolute atomic E-state index is 9.85. The predicted octanol–water partition coefficient (Wildman–Crippen LogP) is 3.27. The van der Waals surface area contributed by atoms with Gasteiger partial charge in [0, 0.05) is 5.33 Å². The molecular weight excluding hydrogens is 308 g/mol. The van der Waals surface area contributed by atoms with Crippen molar-refractivity contribution in [1.29, 1.82) is 0 Å². The lowest BCUT2D eigenvalue weighted by atomic mass is 10.1. The van der Waals surface area contributed by atoms with Gasteiger partial charge in [0.1, 0.15) is 17.6 Å². The van der Waals surface area contributed by atoms with Crippen LogP contribution in [0.25, 0.3) is 0 Å². The first-order valence-corrected chi connectivity index (χ1v) is 7.08. The number of aliphatic hydroxyl groups excluding tert-OH is 2. The highest BCUT2D eigenvalue weighted by molar-refractivity contribution is 9.09. The van der Waals surface area contributed by atoms with Crippen LogP contribution >= 0.6 is 15.9 Å². The predicted molar refractivity (Wildman–Crippen MR) is 77.7 cm³/mol. The van der Waals surface area contributed by atoms with Gasteiger partial charge >= 0.3 is 0 Å². The number of hydrogen-bond donors (Lipinski definition) is 2. The second-order valence-electron chi connectivity index (χ2n) is 4.15. The van der Waals surface area contributed by atoms with E-state index in [1.165, 1.54) is 0 Å². The van der Waals surface area contributed by atoms with Gasteiger partial charge < -0.3 is 14.9 Å². The third kappa shape index (κ3) is 3.80. The van der Waals surface area contributed by atoms with Crippen LogP contribution in [0.1, 0.15) is 11.7 Å². The van der Waals surface area contributed by atoms with Gasteiger partial charge in [0.15, 0.2) is 0 Å². The number of benzene rings is 2. The number of halogens is 1. The number of hydrogen-bond acceptors (Lipinski definition) is 3. The fourth-order valence-corrected chi connectivity index (χ4v) is 2.02. The molecule has 2 atom stereocenters. The largest absolute Gasteiger partial charge is 0.457 e. The van der Waals surface area contributed by atoms with Crippen molar-refractivity contribution in [2.24, 2.45) is 0 Å². The van der Waals surface area contributed by atoms with Crippen molar-refractivity contribution < 1.29 is 14.9 Å². The van der Waals surface area contributed by atoms with Gasteiger partial charge in [-0.2, -0.15) is 0 Å². The van der Waals surface area contributed by atoms with E-state index in [9.17, 15) is 10.2 Å². The van der Waals surface area contributed by atoms with Gasteiger partial charge in [-0.1, -0.05) is 46.3 Å². The topological polar surface area (TPSA) is 49.7 Å². The Morgan fingerprint density at radius 2 is 1.47 bits per heavy atom. The summed E-state index contributed by atoms with van der Waals surface area (Å²) in [6.45, 7) is 0. The van der Waals surface area contributed by atoms with E-state index in [0.29, 0.717) is 16.6 Å². The van der Waals surface area contributed by atoms with Crippen LogP contribution < -0.4 is 4.74 Å². The van der Waals surface area contributed by atoms with Gasteiger partial charge in [-0.25, -0.2) is 0 Å². The zero-order chi connectivity index (χ0) is 13.7. The average molecular weight is 323 g/mol. The minimum Gasteiger partial charge on any atom is -0.457 e. The quantitative estimate of drug-likeness (QED) is 0.831. The molecule has 0 aliphatic heterocycles. The molecule has 3 nitrogen and oxygen atoms in total. The van der Waals surface area contributed by atoms with Crippen molar-refractivity contribution in [2.75, 3.05) is 5.33 Å². The van der Waals surface area contributed by atoms with E-state index in [0.717, 1.165) is 5.75 Å². The van der Waals surface area contributed by atoms with Crippen molar-refractivity contribution in [2.45, 2.75) is 12.2 Å². The Labute approximate surface area is 120 Å². The lowest BCUT2D eigenvalue weighted by Crippen LogP contribution is -2.19. The molecule has 0 saturated carbocycles. The molecule has 0 aromatic heterocycles. The second-order valence-corrected chi connectivity index (χ2v) is 4.80. The van der Waals surface area contributed by atoms with Crippen molar-refractivity contribution in [3.8, 4) is 11.5 Å². The van der Waals surface area contributed by atoms with E-state index in [-0.39, 0.29) is 0 Å². The molecule has 2 aromatic rings. The highest BCUT2D eigenvalue weighted by Gasteiger charge is 2.16. The van der Waals surface area contributed by atoms with Gasteiger partial charge in [0.25, 0.3) is 0 Å². The number of aliphatic hydroxyl groups is 2. The van der Waals surface area contributed by atoms with E-state index < -0.39 is 12.2 Å². The first kappa shape index (κ1) is 14.1. The molecule has 2 rings (SSSR count). The molecule has 2 unspecified atom stereocenters. The van der Waals surface area contributed by atoms with Crippen molar-refractivity contribution in [3.63, 3.8) is 0 Å². The summed E-state index contributed by atoms with van der Waals surface area (Å²) in [7, 11) is 0. The first-order valence-electron chi connectivity index (χ1n) is 5.95. The van der Waals surface area contributed by atoms with Crippen molar-refractivity contribution in [1.82, 2.24) is 0 Å². The zero-order valence-electron chi connectivity index (χ0n) is 10.2. The zero-order valence-corrected chi connectivity index (χ0v) is 11.8. The molecule has 0 amide bonds. The van der Waals surface area contributed by atoms with Crippen molar-refractivity contribution in [3.05, 3.63) is 60.2 Å². The van der Waals surface area contributed by atoms with Gasteiger partial charge in [-0.05, 0) is 29.8 Å². The third-order valence-corrected chi connectivity index (χ3v) is 3.39. The summed E-state index contributed by atoms with van der Waals surface area (Å²) >= 11 is 3.14. The maximum Gasteiger partial charge on any atom is 0.127 e. The molecular formula is C15H15BrO3. The van der Waals surface area contributed by atoms with E-state index in [4.69, 9.17) is 4.74 Å². The Morgan fingerprint density at radius 1 is 0.895 bits per heavy atom. The summed E-state index contributed by atoms with van der Waals surface area (Å²) in [5.74, 6) is 1.45. The van der Waals surface area contributed by atoms with Crippen molar-refractivity contribution >= 4 is 15.9 Å². The van der Waals surface area contributed by atoms with Gasteiger partial charge in [-0.3, -0.25) is 0 Å². The summed E-state index contributed by atoms with van der Waals surface area (Å²) in [6, 6.07) is 16.5. The van der Waals surface area contributed by atoms with E-state index >= 15 is 0 Å². The smallest absolute Gasteiger partial charge is 0.127 e. The van der Waals surface area contributed by atoms with Gasteiger partial charge in [-0.15, -0.1) is 0 Å². The molecule has 0 saturated heterocycles. The Balaban J connectivity index is 2.06. The molecule has 4 heteroatoms. The molecule has 19 heavy (non-hydrogen) atoms. The lowest BCUT2D eigenvalue weighted by Gasteiger charge is -2.16. The number of para-hydroxylation sites is 1. The van der Waals surface area contributed by atoms with Crippen LogP contribution in [0.3, 0.4) is 0 Å². The fraction of sp³-hybridized carbons (Fsp3) is 0.200. The summed E-state index contributed by atoms with van der Waals surface area (Å²) in [4.78, 5) is 0. The second kappa shape index (κ2) is 6.70. The Kier molecular flexibility index (Phi) is 4.96.